The molecule has 1 aromatic carbocycles. The van der Waals surface area contributed by atoms with E-state index in [2.05, 4.69) is 0 Å². The number of aliphatic hydroxyl groups is 4. The van der Waals surface area contributed by atoms with E-state index in [-0.39, 0.29) is 42.3 Å². The average molecular weight is 484 g/mol. The minimum atomic E-state index is -1.67. The molecule has 34 heavy (non-hydrogen) atoms. The van der Waals surface area contributed by atoms with Crippen molar-refractivity contribution in [3.63, 3.8) is 0 Å². The SMILES string of the molecule is O.O=C(O)CCC(=O)C1=CC=C[C@@H](O)C1C(=O)O.O=C(O)CCC(O)c1ccccc1C(O)O. The second kappa shape index (κ2) is 14.7. The molecule has 9 N–H and O–H groups in total. The number of aliphatic hydroxyl groups excluding tert-OH is 3. The molecule has 0 saturated carbocycles. The van der Waals surface area contributed by atoms with E-state index < -0.39 is 48.1 Å². The van der Waals surface area contributed by atoms with Crippen molar-refractivity contribution >= 4 is 23.7 Å². The van der Waals surface area contributed by atoms with E-state index in [4.69, 9.17) is 25.5 Å². The quantitative estimate of drug-likeness (QED) is 0.213. The number of ketones is 1. The van der Waals surface area contributed by atoms with Gasteiger partial charge >= 0.3 is 17.9 Å². The van der Waals surface area contributed by atoms with Crippen LogP contribution in [0.5, 0.6) is 0 Å². The summed E-state index contributed by atoms with van der Waals surface area (Å²) in [5, 5.41) is 63.1. The third kappa shape index (κ3) is 9.60. The van der Waals surface area contributed by atoms with Crippen LogP contribution in [0.1, 0.15) is 49.2 Å². The molecular weight excluding hydrogens is 456 g/mol. The first-order valence-electron chi connectivity index (χ1n) is 9.84. The molecule has 2 rings (SSSR count). The summed E-state index contributed by atoms with van der Waals surface area (Å²) < 4.78 is 0. The number of aliphatic carboxylic acids is 3. The van der Waals surface area contributed by atoms with Crippen molar-refractivity contribution in [3.8, 4) is 0 Å². The smallest absolute Gasteiger partial charge is 0.314 e. The van der Waals surface area contributed by atoms with Crippen LogP contribution in [0.15, 0.2) is 48.1 Å². The minimum Gasteiger partial charge on any atom is -0.481 e. The molecule has 0 amide bonds. The van der Waals surface area contributed by atoms with Crippen molar-refractivity contribution in [1.82, 2.24) is 0 Å². The molecule has 0 bridgehead atoms. The molecule has 2 unspecified atom stereocenters. The summed E-state index contributed by atoms with van der Waals surface area (Å²) in [7, 11) is 0. The van der Waals surface area contributed by atoms with Crippen LogP contribution in [0.3, 0.4) is 0 Å². The van der Waals surface area contributed by atoms with Crippen LogP contribution < -0.4 is 0 Å². The Morgan fingerprint density at radius 2 is 1.41 bits per heavy atom. The first-order valence-corrected chi connectivity index (χ1v) is 9.84. The average Bonchev–Trinajstić information content (AvgIpc) is 2.75. The van der Waals surface area contributed by atoms with Gasteiger partial charge in [0.05, 0.1) is 18.6 Å². The van der Waals surface area contributed by atoms with Crippen molar-refractivity contribution in [1.29, 1.82) is 0 Å². The molecule has 3 atom stereocenters. The highest BCUT2D eigenvalue weighted by molar-refractivity contribution is 6.02. The number of hydrogen-bond donors (Lipinski definition) is 7. The topological polar surface area (TPSA) is 241 Å². The van der Waals surface area contributed by atoms with Crippen LogP contribution in [0.25, 0.3) is 0 Å². The first kappa shape index (κ1) is 30.6. The fourth-order valence-corrected chi connectivity index (χ4v) is 3.05. The summed E-state index contributed by atoms with van der Waals surface area (Å²) in [6.07, 6.45) is -0.740. The second-order valence-corrected chi connectivity index (χ2v) is 7.08. The molecule has 0 aliphatic heterocycles. The summed E-state index contributed by atoms with van der Waals surface area (Å²) in [6.45, 7) is 0. The fourth-order valence-electron chi connectivity index (χ4n) is 3.05. The lowest BCUT2D eigenvalue weighted by atomic mass is 9.85. The molecule has 0 radical (unpaired) electrons. The molecule has 188 valence electrons. The van der Waals surface area contributed by atoms with E-state index in [1.54, 1.807) is 18.2 Å². The van der Waals surface area contributed by atoms with Gasteiger partial charge in [-0.3, -0.25) is 19.2 Å². The fraction of sp³-hybridized carbons (Fsp3) is 0.364. The van der Waals surface area contributed by atoms with Gasteiger partial charge in [0.15, 0.2) is 12.1 Å². The van der Waals surface area contributed by atoms with Crippen LogP contribution in [0, 0.1) is 5.92 Å². The molecule has 0 spiro atoms. The van der Waals surface area contributed by atoms with Gasteiger partial charge in [0, 0.05) is 24.0 Å². The van der Waals surface area contributed by atoms with Gasteiger partial charge in [-0.2, -0.15) is 0 Å². The number of carboxylic acid groups (broad SMARTS) is 3. The Morgan fingerprint density at radius 3 is 1.91 bits per heavy atom. The zero-order valence-electron chi connectivity index (χ0n) is 17.9. The Hall–Kier alpha value is -3.42. The van der Waals surface area contributed by atoms with Crippen molar-refractivity contribution in [3.05, 3.63) is 59.2 Å². The predicted molar refractivity (Wildman–Crippen MR) is 115 cm³/mol. The lowest BCUT2D eigenvalue weighted by Crippen LogP contribution is -2.33. The number of allylic oxidation sites excluding steroid dienone is 2. The van der Waals surface area contributed by atoms with Crippen molar-refractivity contribution in [2.24, 2.45) is 5.92 Å². The molecule has 0 heterocycles. The normalized spacial score (nSPS) is 17.5. The first-order chi connectivity index (χ1) is 15.5. The Bertz CT molecular complexity index is 918. The number of Topliss-reactive ketones (excluding diaryl/α,β-unsaturated/α-hetero) is 1. The summed E-state index contributed by atoms with van der Waals surface area (Å²) in [5.74, 6) is -5.32. The van der Waals surface area contributed by atoms with Gasteiger partial charge in [0.2, 0.25) is 0 Å². The second-order valence-electron chi connectivity index (χ2n) is 7.08. The number of hydrogen-bond acceptors (Lipinski definition) is 8. The van der Waals surface area contributed by atoms with E-state index in [1.807, 2.05) is 0 Å². The summed E-state index contributed by atoms with van der Waals surface area (Å²) in [5.41, 5.74) is 0.480. The number of carbonyl (C=O) groups excluding carboxylic acids is 1. The summed E-state index contributed by atoms with van der Waals surface area (Å²) in [4.78, 5) is 43.2. The lowest BCUT2D eigenvalue weighted by Gasteiger charge is -2.21. The molecule has 1 aliphatic carbocycles. The van der Waals surface area contributed by atoms with E-state index >= 15 is 0 Å². The number of carboxylic acids is 3. The molecule has 1 aromatic rings. The van der Waals surface area contributed by atoms with Crippen LogP contribution in [-0.4, -0.2) is 71.0 Å². The molecular formula is C22H28O12. The molecule has 0 aromatic heterocycles. The molecule has 1 aliphatic rings. The molecule has 0 saturated heterocycles. The Balaban J connectivity index is 0.000000623. The molecule has 12 heteroatoms. The highest BCUT2D eigenvalue weighted by Crippen LogP contribution is 2.26. The Kier molecular flexibility index (Phi) is 13.2. The van der Waals surface area contributed by atoms with Crippen LogP contribution in [0.2, 0.25) is 0 Å². The van der Waals surface area contributed by atoms with Gasteiger partial charge in [-0.05, 0) is 12.0 Å². The molecule has 0 fully saturated rings. The highest BCUT2D eigenvalue weighted by Gasteiger charge is 2.33. The van der Waals surface area contributed by atoms with Gasteiger partial charge < -0.3 is 41.2 Å². The Morgan fingerprint density at radius 1 is 0.853 bits per heavy atom. The van der Waals surface area contributed by atoms with Crippen LogP contribution in [-0.2, 0) is 19.2 Å². The summed E-state index contributed by atoms with van der Waals surface area (Å²) in [6, 6.07) is 6.28. The lowest BCUT2D eigenvalue weighted by molar-refractivity contribution is -0.144. The van der Waals surface area contributed by atoms with Crippen molar-refractivity contribution in [2.75, 3.05) is 0 Å². The van der Waals surface area contributed by atoms with E-state index in [0.717, 1.165) is 0 Å². The van der Waals surface area contributed by atoms with Crippen LogP contribution in [0.4, 0.5) is 0 Å². The number of rotatable bonds is 10. The van der Waals surface area contributed by atoms with Gasteiger partial charge in [-0.1, -0.05) is 42.5 Å². The maximum absolute atomic E-state index is 11.6. The Labute approximate surface area is 194 Å². The van der Waals surface area contributed by atoms with Crippen LogP contribution >= 0.6 is 0 Å². The van der Waals surface area contributed by atoms with Crippen molar-refractivity contribution < 1.29 is 60.4 Å². The van der Waals surface area contributed by atoms with Gasteiger partial charge in [-0.25, -0.2) is 0 Å². The highest BCUT2D eigenvalue weighted by atomic mass is 16.5. The maximum atomic E-state index is 11.6. The minimum absolute atomic E-state index is 0. The predicted octanol–water partition coefficient (Wildman–Crippen LogP) is -0.279. The van der Waals surface area contributed by atoms with Crippen molar-refractivity contribution in [2.45, 2.75) is 44.2 Å². The number of benzene rings is 1. The van der Waals surface area contributed by atoms with E-state index in [1.165, 1.54) is 24.3 Å². The van der Waals surface area contributed by atoms with Gasteiger partial charge in [0.1, 0.15) is 5.92 Å². The third-order valence-electron chi connectivity index (χ3n) is 4.68. The van der Waals surface area contributed by atoms with Gasteiger partial charge in [0.25, 0.3) is 0 Å². The zero-order chi connectivity index (χ0) is 25.1. The van der Waals surface area contributed by atoms with E-state index in [9.17, 15) is 29.4 Å². The summed E-state index contributed by atoms with van der Waals surface area (Å²) >= 11 is 0. The largest absolute Gasteiger partial charge is 0.481 e. The standard InChI is InChI=1S/C11H12O6.C11H14O5.H2O/c12-7(4-5-9(14)15)6-2-1-3-8(13)10(6)11(16)17;12-9(5-6-10(13)14)7-3-1-2-4-8(7)11(15)16;/h1-3,8,10,13H,4-5H2,(H,14,15)(H,16,17);1-4,9,11-12,15-16H,5-6H2,(H,13,14);1H2/t8-,10?;;/m1../s1. The zero-order valence-corrected chi connectivity index (χ0v) is 17.9. The van der Waals surface area contributed by atoms with E-state index in [0.29, 0.717) is 5.56 Å². The third-order valence-corrected chi connectivity index (χ3v) is 4.68. The maximum Gasteiger partial charge on any atom is 0.314 e. The number of carbonyl (C=O) groups is 4. The monoisotopic (exact) mass is 484 g/mol. The molecule has 12 nitrogen and oxygen atoms in total. The van der Waals surface area contributed by atoms with Gasteiger partial charge in [-0.15, -0.1) is 0 Å².